The van der Waals surface area contributed by atoms with Crippen LogP contribution >= 0.6 is 0 Å². The number of hydrogen-bond acceptors (Lipinski definition) is 8. The van der Waals surface area contributed by atoms with Crippen LogP contribution in [0, 0.1) is 18.2 Å². The van der Waals surface area contributed by atoms with Gasteiger partial charge < -0.3 is 20.1 Å². The third kappa shape index (κ3) is 4.29. The second kappa shape index (κ2) is 9.86. The molecule has 4 atom stereocenters. The zero-order valence-corrected chi connectivity index (χ0v) is 23.4. The van der Waals surface area contributed by atoms with Crippen molar-refractivity contribution in [1.29, 1.82) is 0 Å². The first-order chi connectivity index (χ1) is 20.9. The highest BCUT2D eigenvalue weighted by Crippen LogP contribution is 2.41. The van der Waals surface area contributed by atoms with Gasteiger partial charge in [0.1, 0.15) is 35.6 Å². The Hall–Kier alpha value is -4.33. The maximum atomic E-state index is 16.7. The molecule has 0 saturated carbocycles. The molecular formula is C33H30F2N6O2. The lowest BCUT2D eigenvalue weighted by Gasteiger charge is -2.34. The summed E-state index contributed by atoms with van der Waals surface area (Å²) in [4.78, 5) is 18.2. The quantitative estimate of drug-likeness (QED) is 0.266. The molecule has 4 aliphatic rings. The Morgan fingerprint density at radius 3 is 2.81 bits per heavy atom. The average molecular weight is 581 g/mol. The third-order valence-electron chi connectivity index (χ3n) is 9.38. The predicted octanol–water partition coefficient (Wildman–Crippen LogP) is 4.34. The monoisotopic (exact) mass is 580 g/mol. The molecule has 8 nitrogen and oxygen atoms in total. The Kier molecular flexibility index (Phi) is 6.03. The lowest BCUT2D eigenvalue weighted by atomic mass is 9.95. The molecule has 2 aromatic heterocycles. The van der Waals surface area contributed by atoms with Gasteiger partial charge in [0.05, 0.1) is 10.9 Å². The van der Waals surface area contributed by atoms with Crippen molar-refractivity contribution in [3.8, 4) is 35.4 Å². The van der Waals surface area contributed by atoms with E-state index < -0.39 is 17.5 Å². The topological polar surface area (TPSA) is 86.6 Å². The van der Waals surface area contributed by atoms with Crippen LogP contribution in [-0.4, -0.2) is 81.5 Å². The van der Waals surface area contributed by atoms with E-state index in [1.54, 1.807) is 24.4 Å². The molecule has 0 spiro atoms. The number of terminal acetylenes is 1. The number of nitrogens with zero attached hydrogens (tertiary/aromatic N) is 5. The maximum Gasteiger partial charge on any atom is 0.319 e. The molecule has 2 N–H and O–H groups in total. The highest BCUT2D eigenvalue weighted by atomic mass is 19.1. The van der Waals surface area contributed by atoms with Gasteiger partial charge in [-0.2, -0.15) is 9.97 Å². The highest BCUT2D eigenvalue weighted by molar-refractivity contribution is 6.02. The largest absolute Gasteiger partial charge is 0.508 e. The van der Waals surface area contributed by atoms with Crippen molar-refractivity contribution in [1.82, 2.24) is 25.2 Å². The van der Waals surface area contributed by atoms with Gasteiger partial charge in [-0.25, -0.2) is 8.78 Å². The fourth-order valence-corrected chi connectivity index (χ4v) is 7.49. The Balaban J connectivity index is 1.27. The van der Waals surface area contributed by atoms with E-state index in [4.69, 9.17) is 16.1 Å². The predicted molar refractivity (Wildman–Crippen MR) is 160 cm³/mol. The summed E-state index contributed by atoms with van der Waals surface area (Å²) in [6.45, 7) is 2.77. The van der Waals surface area contributed by atoms with Gasteiger partial charge in [-0.3, -0.25) is 9.88 Å². The number of piperazine rings is 1. The first kappa shape index (κ1) is 26.3. The standard InChI is InChI=1S/C33H30F2N6O2/c1-2-19-5-3-6-20-11-24(42)12-25(27(19)20)29-28(35)30-26(14-36-29)31(40-16-22-7-8-23(17-40)37-22)39-32(38-30)43-18-33-9-4-10-41(33)15-21(34)13-33/h1,3,5-8,11-12,14,21-23,37,42H,4,9-10,13,15-18H2/t21-,22?,23?,33?/m1/s1. The van der Waals surface area contributed by atoms with Gasteiger partial charge in [0.25, 0.3) is 0 Å². The fourth-order valence-electron chi connectivity index (χ4n) is 7.49. The number of nitrogens with one attached hydrogen (secondary N) is 1. The summed E-state index contributed by atoms with van der Waals surface area (Å²) in [5.74, 6) is 2.52. The third-order valence-corrected chi connectivity index (χ3v) is 9.38. The molecule has 0 radical (unpaired) electrons. The molecule has 0 aliphatic carbocycles. The molecule has 10 heteroatoms. The molecule has 4 aliphatic heterocycles. The Bertz CT molecular complexity index is 1840. The summed E-state index contributed by atoms with van der Waals surface area (Å²) < 4.78 is 37.4. The number of anilines is 1. The number of hydrogen-bond donors (Lipinski definition) is 2. The number of fused-ring (bicyclic) bond motifs is 5. The molecule has 2 bridgehead atoms. The van der Waals surface area contributed by atoms with Gasteiger partial charge in [0, 0.05) is 60.8 Å². The van der Waals surface area contributed by atoms with Crippen LogP contribution in [-0.2, 0) is 0 Å². The van der Waals surface area contributed by atoms with E-state index in [1.807, 2.05) is 6.07 Å². The number of ether oxygens (including phenoxy) is 1. The highest BCUT2D eigenvalue weighted by Gasteiger charge is 2.49. The number of aromatic hydroxyl groups is 1. The lowest BCUT2D eigenvalue weighted by Crippen LogP contribution is -2.52. The summed E-state index contributed by atoms with van der Waals surface area (Å²) in [5.41, 5.74) is 0.618. The van der Waals surface area contributed by atoms with E-state index in [-0.39, 0.29) is 41.7 Å². The molecule has 8 rings (SSSR count). The van der Waals surface area contributed by atoms with Crippen LogP contribution < -0.4 is 15.0 Å². The first-order valence-corrected chi connectivity index (χ1v) is 14.7. The van der Waals surface area contributed by atoms with E-state index in [1.165, 1.54) is 6.07 Å². The Morgan fingerprint density at radius 2 is 2.00 bits per heavy atom. The molecule has 43 heavy (non-hydrogen) atoms. The minimum atomic E-state index is -0.892. The van der Waals surface area contributed by atoms with Gasteiger partial charge in [-0.1, -0.05) is 30.2 Å². The number of pyridine rings is 1. The van der Waals surface area contributed by atoms with Crippen molar-refractivity contribution in [2.45, 2.75) is 43.1 Å². The summed E-state index contributed by atoms with van der Waals surface area (Å²) in [6, 6.07) is 8.80. The number of halogens is 2. The van der Waals surface area contributed by atoms with E-state index in [2.05, 4.69) is 43.2 Å². The number of rotatable bonds is 5. The molecule has 3 fully saturated rings. The molecule has 0 amide bonds. The summed E-state index contributed by atoms with van der Waals surface area (Å²) in [6.07, 6.45) is 13.0. The van der Waals surface area contributed by atoms with Crippen molar-refractivity contribution in [2.24, 2.45) is 0 Å². The van der Waals surface area contributed by atoms with Crippen LogP contribution in [0.1, 0.15) is 24.8 Å². The molecule has 2 aromatic carbocycles. The minimum absolute atomic E-state index is 0.0189. The van der Waals surface area contributed by atoms with Gasteiger partial charge >= 0.3 is 6.01 Å². The summed E-state index contributed by atoms with van der Waals surface area (Å²) >= 11 is 0. The summed E-state index contributed by atoms with van der Waals surface area (Å²) in [5, 5.41) is 15.8. The number of phenolic OH excluding ortho intramolecular Hbond substituents is 1. The number of benzene rings is 2. The number of alkyl halides is 1. The lowest BCUT2D eigenvalue weighted by molar-refractivity contribution is 0.107. The normalized spacial score (nSPS) is 26.3. The smallest absolute Gasteiger partial charge is 0.319 e. The van der Waals surface area contributed by atoms with Crippen molar-refractivity contribution >= 4 is 27.5 Å². The van der Waals surface area contributed by atoms with Crippen LogP contribution in [0.4, 0.5) is 14.6 Å². The molecule has 218 valence electrons. The number of aromatic nitrogens is 3. The van der Waals surface area contributed by atoms with Crippen LogP contribution in [0.2, 0.25) is 0 Å². The van der Waals surface area contributed by atoms with E-state index in [0.717, 1.165) is 19.4 Å². The molecule has 4 aromatic rings. The molecule has 3 saturated heterocycles. The van der Waals surface area contributed by atoms with E-state index in [0.29, 0.717) is 59.2 Å². The summed E-state index contributed by atoms with van der Waals surface area (Å²) in [7, 11) is 0. The van der Waals surface area contributed by atoms with Gasteiger partial charge in [-0.05, 0) is 43.0 Å². The van der Waals surface area contributed by atoms with Crippen molar-refractivity contribution in [3.05, 3.63) is 60.1 Å². The molecular weight excluding hydrogens is 550 g/mol. The van der Waals surface area contributed by atoms with Crippen LogP contribution in [0.15, 0.2) is 48.7 Å². The fraction of sp³-hybridized carbons (Fsp3) is 0.364. The maximum absolute atomic E-state index is 16.7. The Labute approximate surface area is 247 Å². The van der Waals surface area contributed by atoms with Crippen LogP contribution in [0.5, 0.6) is 11.8 Å². The zero-order chi connectivity index (χ0) is 29.3. The van der Waals surface area contributed by atoms with E-state index in [9.17, 15) is 9.50 Å². The number of phenols is 1. The molecule has 6 heterocycles. The van der Waals surface area contributed by atoms with Crippen molar-refractivity contribution in [3.63, 3.8) is 0 Å². The van der Waals surface area contributed by atoms with Crippen molar-refractivity contribution in [2.75, 3.05) is 37.7 Å². The second-order valence-electron chi connectivity index (χ2n) is 12.1. The van der Waals surface area contributed by atoms with Crippen LogP contribution in [0.3, 0.4) is 0 Å². The van der Waals surface area contributed by atoms with E-state index >= 15 is 4.39 Å². The van der Waals surface area contributed by atoms with Gasteiger partial charge in [0.15, 0.2) is 5.82 Å². The van der Waals surface area contributed by atoms with Gasteiger partial charge in [0.2, 0.25) is 0 Å². The SMILES string of the molecule is C#Cc1cccc2cc(O)cc(-c3ncc4c(N5CC6C=CC(C5)N6)nc(OCC56CCCN5C[C@H](F)C6)nc4c3F)c12. The Morgan fingerprint density at radius 1 is 1.16 bits per heavy atom. The zero-order valence-electron chi connectivity index (χ0n) is 23.4. The second-order valence-corrected chi connectivity index (χ2v) is 12.1. The first-order valence-electron chi connectivity index (χ1n) is 14.7. The minimum Gasteiger partial charge on any atom is -0.508 e. The van der Waals surface area contributed by atoms with Crippen molar-refractivity contribution < 1.29 is 18.6 Å². The van der Waals surface area contributed by atoms with Crippen LogP contribution in [0.25, 0.3) is 32.9 Å². The van der Waals surface area contributed by atoms with Gasteiger partial charge in [-0.15, -0.1) is 6.42 Å². The molecule has 3 unspecified atom stereocenters. The average Bonchev–Trinajstić information content (AvgIpc) is 3.65.